The zero-order valence-electron chi connectivity index (χ0n) is 19.5. The van der Waals surface area contributed by atoms with Crippen LogP contribution in [0.5, 0.6) is 0 Å². The minimum absolute atomic E-state index is 0.0399. The van der Waals surface area contributed by atoms with Gasteiger partial charge in [-0.05, 0) is 44.4 Å². The molecule has 1 N–H and O–H groups in total. The molecule has 3 aliphatic heterocycles. The summed E-state index contributed by atoms with van der Waals surface area (Å²) in [5.41, 5.74) is 1.54. The van der Waals surface area contributed by atoms with Crippen LogP contribution in [0.2, 0.25) is 0 Å². The fraction of sp³-hybridized carbons (Fsp3) is 0.833. The van der Waals surface area contributed by atoms with Crippen molar-refractivity contribution in [3.8, 4) is 0 Å². The van der Waals surface area contributed by atoms with Gasteiger partial charge in [-0.2, -0.15) is 0 Å². The number of ether oxygens (including phenoxy) is 1. The zero-order valence-corrected chi connectivity index (χ0v) is 19.5. The molecule has 4 heterocycles. The molecule has 0 spiro atoms. The van der Waals surface area contributed by atoms with Gasteiger partial charge in [0, 0.05) is 31.8 Å². The molecule has 1 aromatic heterocycles. The molecule has 3 unspecified atom stereocenters. The average Bonchev–Trinajstić information content (AvgIpc) is 3.55. The highest BCUT2D eigenvalue weighted by Crippen LogP contribution is 2.38. The number of alkyl halides is 1. The van der Waals surface area contributed by atoms with Crippen molar-refractivity contribution in [1.29, 1.82) is 0 Å². The number of carbonyl (C=O) groups excluding carboxylic acids is 2. The molecule has 0 radical (unpaired) electrons. The van der Waals surface area contributed by atoms with Crippen LogP contribution in [0.1, 0.15) is 68.7 Å². The largest absolute Gasteiger partial charge is 0.393 e. The Morgan fingerprint density at radius 3 is 2.41 bits per heavy atom. The predicted molar refractivity (Wildman–Crippen MR) is 118 cm³/mol. The monoisotopic (exact) mass is 475 g/mol. The van der Waals surface area contributed by atoms with E-state index in [2.05, 4.69) is 10.3 Å². The van der Waals surface area contributed by atoms with Crippen LogP contribution in [-0.2, 0) is 27.4 Å². The molecule has 5 aliphatic rings. The third kappa shape index (κ3) is 4.12. The Hall–Kier alpha value is -2.07. The van der Waals surface area contributed by atoms with Gasteiger partial charge in [-0.1, -0.05) is 5.21 Å². The van der Waals surface area contributed by atoms with E-state index in [9.17, 15) is 19.1 Å². The number of rotatable bonds is 4. The van der Waals surface area contributed by atoms with Crippen molar-refractivity contribution >= 4 is 11.8 Å². The van der Waals surface area contributed by atoms with Crippen molar-refractivity contribution in [3.05, 3.63) is 11.4 Å². The van der Waals surface area contributed by atoms with Crippen molar-refractivity contribution in [2.75, 3.05) is 19.8 Å². The first-order chi connectivity index (χ1) is 16.5. The number of piperidine rings is 1. The van der Waals surface area contributed by atoms with Gasteiger partial charge in [0.05, 0.1) is 49.6 Å². The Labute approximate surface area is 198 Å². The second kappa shape index (κ2) is 8.86. The summed E-state index contributed by atoms with van der Waals surface area (Å²) < 4.78 is 21.9. The average molecular weight is 476 g/mol. The van der Waals surface area contributed by atoms with E-state index >= 15 is 0 Å². The van der Waals surface area contributed by atoms with Crippen LogP contribution < -0.4 is 0 Å². The lowest BCUT2D eigenvalue weighted by Gasteiger charge is -2.48. The number of carbonyl (C=O) groups is 2. The first-order valence-electron chi connectivity index (χ1n) is 12.9. The summed E-state index contributed by atoms with van der Waals surface area (Å²) in [6, 6.07) is -0.533. The van der Waals surface area contributed by atoms with Gasteiger partial charge in [0.25, 0.3) is 0 Å². The van der Waals surface area contributed by atoms with Gasteiger partial charge >= 0.3 is 0 Å². The highest BCUT2D eigenvalue weighted by molar-refractivity contribution is 5.87. The lowest BCUT2D eigenvalue weighted by atomic mass is 9.85. The molecular formula is C24H34FN5O4. The van der Waals surface area contributed by atoms with Crippen LogP contribution in [0.25, 0.3) is 0 Å². The second-order valence-corrected chi connectivity index (χ2v) is 11.0. The van der Waals surface area contributed by atoms with Gasteiger partial charge < -0.3 is 19.6 Å². The van der Waals surface area contributed by atoms with Gasteiger partial charge in [0.1, 0.15) is 11.9 Å². The topological polar surface area (TPSA) is 101 Å². The van der Waals surface area contributed by atoms with E-state index in [1.165, 1.54) is 0 Å². The van der Waals surface area contributed by atoms with Gasteiger partial charge in [-0.25, -0.2) is 9.07 Å². The lowest BCUT2D eigenvalue weighted by molar-refractivity contribution is -0.157. The summed E-state index contributed by atoms with van der Waals surface area (Å²) in [6.45, 7) is 2.13. The first-order valence-corrected chi connectivity index (χ1v) is 12.9. The van der Waals surface area contributed by atoms with Gasteiger partial charge in [-0.3, -0.25) is 9.59 Å². The molecule has 0 aromatic carbocycles. The van der Waals surface area contributed by atoms with Crippen molar-refractivity contribution in [1.82, 2.24) is 24.8 Å². The number of halogens is 1. The normalized spacial score (nSPS) is 35.7. The fourth-order valence-electron chi connectivity index (χ4n) is 6.41. The number of hydrogen-bond donors (Lipinski definition) is 1. The number of morpholine rings is 1. The van der Waals surface area contributed by atoms with Crippen LogP contribution >= 0.6 is 0 Å². The molecule has 9 nitrogen and oxygen atoms in total. The molecule has 6 rings (SSSR count). The molecule has 2 aliphatic carbocycles. The molecule has 2 saturated heterocycles. The molecule has 10 heteroatoms. The van der Waals surface area contributed by atoms with E-state index < -0.39 is 12.1 Å². The number of aliphatic hydroxyl groups is 1. The fourth-order valence-corrected chi connectivity index (χ4v) is 6.41. The summed E-state index contributed by atoms with van der Waals surface area (Å²) >= 11 is 0. The van der Waals surface area contributed by atoms with E-state index in [1.54, 1.807) is 4.90 Å². The Bertz CT molecular complexity index is 930. The van der Waals surface area contributed by atoms with Crippen LogP contribution in [0.15, 0.2) is 0 Å². The maximum absolute atomic E-state index is 14.3. The summed E-state index contributed by atoms with van der Waals surface area (Å²) in [4.78, 5) is 31.2. The Balaban J connectivity index is 1.29. The highest BCUT2D eigenvalue weighted by atomic mass is 19.1. The minimum Gasteiger partial charge on any atom is -0.393 e. The number of hydrogen-bond acceptors (Lipinski definition) is 6. The molecule has 4 fully saturated rings. The highest BCUT2D eigenvalue weighted by Gasteiger charge is 2.47. The zero-order chi connectivity index (χ0) is 23.4. The van der Waals surface area contributed by atoms with E-state index in [-0.39, 0.29) is 35.9 Å². The number of amides is 2. The van der Waals surface area contributed by atoms with Crippen LogP contribution in [-0.4, -0.2) is 85.8 Å². The van der Waals surface area contributed by atoms with Gasteiger partial charge in [0.2, 0.25) is 11.8 Å². The molecule has 1 aromatic rings. The molecular weight excluding hydrogens is 441 g/mol. The Kier molecular flexibility index (Phi) is 5.83. The molecule has 34 heavy (non-hydrogen) atoms. The van der Waals surface area contributed by atoms with Crippen molar-refractivity contribution < 1.29 is 23.8 Å². The summed E-state index contributed by atoms with van der Waals surface area (Å²) in [5, 5.41) is 18.7. The summed E-state index contributed by atoms with van der Waals surface area (Å²) in [6.07, 6.45) is 4.30. The van der Waals surface area contributed by atoms with E-state index in [0.717, 1.165) is 25.1 Å². The number of aromatic nitrogens is 3. The van der Waals surface area contributed by atoms with Gasteiger partial charge in [0.15, 0.2) is 0 Å². The maximum Gasteiger partial charge on any atom is 0.234 e. The van der Waals surface area contributed by atoms with E-state index in [1.807, 2.05) is 9.58 Å². The molecule has 2 saturated carbocycles. The number of fused-ring (bicyclic) bond motifs is 3. The smallest absolute Gasteiger partial charge is 0.234 e. The Morgan fingerprint density at radius 1 is 1.03 bits per heavy atom. The second-order valence-electron chi connectivity index (χ2n) is 11.0. The molecule has 186 valence electrons. The Morgan fingerprint density at radius 2 is 1.74 bits per heavy atom. The van der Waals surface area contributed by atoms with Crippen molar-refractivity contribution in [2.24, 2.45) is 11.8 Å². The maximum atomic E-state index is 14.3. The molecule has 3 atom stereocenters. The molecule has 2 bridgehead atoms. The van der Waals surface area contributed by atoms with E-state index in [0.29, 0.717) is 76.4 Å². The first kappa shape index (κ1) is 22.4. The standard InChI is InChI=1S/C24H34FN5O4/c25-16-7-17-12-34-13-18(8-16)30(17)24(33)20-10-28(23(32)15-3-5-19(31)6-4-15)11-21-22(20)29(27-26-21)9-14-1-2-14/h14-20,31H,1-13H2. The predicted octanol–water partition coefficient (Wildman–Crippen LogP) is 1.39. The van der Waals surface area contributed by atoms with Crippen molar-refractivity contribution in [2.45, 2.75) is 94.7 Å². The van der Waals surface area contributed by atoms with Crippen LogP contribution in [0.4, 0.5) is 4.39 Å². The summed E-state index contributed by atoms with van der Waals surface area (Å²) in [7, 11) is 0. The van der Waals surface area contributed by atoms with Gasteiger partial charge in [-0.15, -0.1) is 5.10 Å². The van der Waals surface area contributed by atoms with E-state index in [4.69, 9.17) is 4.74 Å². The minimum atomic E-state index is -0.911. The van der Waals surface area contributed by atoms with Crippen LogP contribution in [0.3, 0.4) is 0 Å². The number of aliphatic hydroxyl groups excluding tert-OH is 1. The SMILES string of the molecule is O=C(C1CCC(O)CC1)N1Cc2nnn(CC3CC3)c2C(C(=O)N2C3COCC2CC(F)C3)C1. The van der Waals surface area contributed by atoms with Crippen molar-refractivity contribution in [3.63, 3.8) is 0 Å². The lowest BCUT2D eigenvalue weighted by Crippen LogP contribution is -2.61. The molecule has 2 amide bonds. The third-order valence-electron chi connectivity index (χ3n) is 8.42. The van der Waals surface area contributed by atoms with Crippen LogP contribution in [0, 0.1) is 11.8 Å². The third-order valence-corrected chi connectivity index (χ3v) is 8.42. The quantitative estimate of drug-likeness (QED) is 0.707. The summed E-state index contributed by atoms with van der Waals surface area (Å²) in [5.74, 6) is -0.113. The number of nitrogens with zero attached hydrogens (tertiary/aromatic N) is 5.